The fourth-order valence-electron chi connectivity index (χ4n) is 0.919. The van der Waals surface area contributed by atoms with Crippen LogP contribution in [0, 0.1) is 0 Å². The summed E-state index contributed by atoms with van der Waals surface area (Å²) in [5.41, 5.74) is 1.18. The van der Waals surface area contributed by atoms with E-state index in [1.807, 2.05) is 37.3 Å². The molecule has 2 heteroatoms. The average Bonchev–Trinajstić information content (AvgIpc) is 2.17. The van der Waals surface area contributed by atoms with Gasteiger partial charge in [0.25, 0.3) is 0 Å². The molecule has 0 atom stereocenters. The standard InChI is InChI=1S/C11H12O.Cr/c1-2-12-10-6-9-11-7-4-3-5-8-11;/h3-9H,2H2,1H3;/b9-6+;. The molecule has 0 amide bonds. The van der Waals surface area contributed by atoms with Crippen molar-refractivity contribution in [2.45, 2.75) is 6.92 Å². The second kappa shape index (κ2) is 5.88. The van der Waals surface area contributed by atoms with Crippen molar-refractivity contribution in [3.63, 3.8) is 0 Å². The molecule has 0 aromatic heterocycles. The van der Waals surface area contributed by atoms with Gasteiger partial charge >= 0.3 is 86.7 Å². The first kappa shape index (κ1) is 10.4. The summed E-state index contributed by atoms with van der Waals surface area (Å²) in [4.78, 5) is 0. The summed E-state index contributed by atoms with van der Waals surface area (Å²) in [5.74, 6) is 0. The van der Waals surface area contributed by atoms with Gasteiger partial charge in [0.1, 0.15) is 0 Å². The second-order valence-corrected chi connectivity index (χ2v) is 3.12. The van der Waals surface area contributed by atoms with Crippen LogP contribution in [0.5, 0.6) is 0 Å². The van der Waals surface area contributed by atoms with E-state index >= 15 is 0 Å². The molecule has 1 rings (SSSR count). The van der Waals surface area contributed by atoms with E-state index in [-0.39, 0.29) is 0 Å². The van der Waals surface area contributed by atoms with Crippen molar-refractivity contribution in [3.8, 4) is 0 Å². The van der Waals surface area contributed by atoms with Crippen LogP contribution in [0.1, 0.15) is 12.5 Å². The quantitative estimate of drug-likeness (QED) is 0.744. The van der Waals surface area contributed by atoms with Crippen molar-refractivity contribution in [2.75, 3.05) is 6.61 Å². The first-order valence-electron chi connectivity index (χ1n) is 4.23. The Hall–Kier alpha value is -0.678. The van der Waals surface area contributed by atoms with E-state index < -0.39 is 0 Å². The van der Waals surface area contributed by atoms with Crippen LogP contribution in [0.3, 0.4) is 0 Å². The number of benzene rings is 1. The van der Waals surface area contributed by atoms with Crippen molar-refractivity contribution in [3.05, 3.63) is 42.0 Å². The minimum absolute atomic E-state index is 0.696. The molecule has 0 spiro atoms. The Kier molecular flexibility index (Phi) is 4.71. The monoisotopic (exact) mass is 212 g/mol. The summed E-state index contributed by atoms with van der Waals surface area (Å²) < 4.78 is 6.06. The Balaban J connectivity index is 2.54. The Bertz CT molecular complexity index is 290. The Morgan fingerprint density at radius 1 is 1.38 bits per heavy atom. The normalized spacial score (nSPS) is 10.5. The van der Waals surface area contributed by atoms with Crippen LogP contribution in [-0.4, -0.2) is 11.2 Å². The van der Waals surface area contributed by atoms with Gasteiger partial charge in [-0.1, -0.05) is 0 Å². The number of rotatable bonds is 4. The topological polar surface area (TPSA) is 9.23 Å². The first-order valence-corrected chi connectivity index (χ1v) is 4.86. The first-order chi connectivity index (χ1) is 6.33. The molecule has 0 aliphatic heterocycles. The van der Waals surface area contributed by atoms with Gasteiger partial charge < -0.3 is 0 Å². The van der Waals surface area contributed by atoms with Gasteiger partial charge in [-0.3, -0.25) is 0 Å². The van der Waals surface area contributed by atoms with Crippen LogP contribution in [0.15, 0.2) is 36.4 Å². The molecule has 0 heterocycles. The zero-order chi connectivity index (χ0) is 9.52. The summed E-state index contributed by atoms with van der Waals surface area (Å²) in [5, 5.41) is 0. The van der Waals surface area contributed by atoms with E-state index in [1.165, 1.54) is 5.56 Å². The molecule has 13 heavy (non-hydrogen) atoms. The molecule has 0 bridgehead atoms. The molecular weight excluding hydrogens is 200 g/mol. The molecule has 0 aliphatic carbocycles. The number of hydrogen-bond acceptors (Lipinski definition) is 1. The van der Waals surface area contributed by atoms with Gasteiger partial charge in [-0.2, -0.15) is 0 Å². The van der Waals surface area contributed by atoms with Crippen molar-refractivity contribution >= 4 is 10.6 Å². The van der Waals surface area contributed by atoms with Crippen molar-refractivity contribution in [1.29, 1.82) is 0 Å². The predicted molar refractivity (Wildman–Crippen MR) is 52.1 cm³/mol. The van der Waals surface area contributed by atoms with Crippen molar-refractivity contribution in [1.82, 2.24) is 0 Å². The minimum atomic E-state index is 0.696. The molecule has 0 aliphatic rings. The van der Waals surface area contributed by atoms with E-state index in [1.54, 1.807) is 0 Å². The number of hydrogen-bond donors (Lipinski definition) is 0. The molecular formula is C11H12CrO. The molecule has 0 saturated heterocycles. The summed E-state index contributed by atoms with van der Waals surface area (Å²) in [7, 11) is 0. The van der Waals surface area contributed by atoms with Crippen LogP contribution in [0.25, 0.3) is 6.08 Å². The fourth-order valence-corrected chi connectivity index (χ4v) is 1.21. The van der Waals surface area contributed by atoms with Gasteiger partial charge in [0.05, 0.1) is 0 Å². The van der Waals surface area contributed by atoms with Crippen LogP contribution >= 0.6 is 0 Å². The van der Waals surface area contributed by atoms with E-state index in [9.17, 15) is 0 Å². The summed E-state index contributed by atoms with van der Waals surface area (Å²) in [6.07, 6.45) is 3.94. The summed E-state index contributed by atoms with van der Waals surface area (Å²) >= 11 is 2.86. The van der Waals surface area contributed by atoms with Gasteiger partial charge in [-0.15, -0.1) is 0 Å². The molecule has 0 saturated carbocycles. The molecule has 0 unspecified atom stereocenters. The Morgan fingerprint density at radius 3 is 2.69 bits per heavy atom. The third kappa shape index (κ3) is 4.19. The van der Waals surface area contributed by atoms with Gasteiger partial charge in [0.2, 0.25) is 0 Å². The van der Waals surface area contributed by atoms with Gasteiger partial charge in [-0.25, -0.2) is 0 Å². The van der Waals surface area contributed by atoms with E-state index in [2.05, 4.69) is 28.0 Å². The zero-order valence-electron chi connectivity index (χ0n) is 7.57. The predicted octanol–water partition coefficient (Wildman–Crippen LogP) is 2.41. The van der Waals surface area contributed by atoms with Crippen LogP contribution < -0.4 is 0 Å². The third-order valence-corrected chi connectivity index (χ3v) is 1.89. The van der Waals surface area contributed by atoms with Crippen molar-refractivity contribution < 1.29 is 20.6 Å². The zero-order valence-corrected chi connectivity index (χ0v) is 8.84. The SMILES string of the molecule is CCO[C](=[Cr])/C=C/c1ccccc1. The average molecular weight is 212 g/mol. The molecule has 1 aromatic carbocycles. The molecule has 1 nitrogen and oxygen atoms in total. The summed E-state index contributed by atoms with van der Waals surface area (Å²) in [6, 6.07) is 10.1. The van der Waals surface area contributed by atoms with Crippen LogP contribution in [-0.2, 0) is 20.6 Å². The maximum absolute atomic E-state index is 5.24. The van der Waals surface area contributed by atoms with Gasteiger partial charge in [0, 0.05) is 0 Å². The van der Waals surface area contributed by atoms with Gasteiger partial charge in [-0.05, 0) is 0 Å². The van der Waals surface area contributed by atoms with E-state index in [4.69, 9.17) is 4.74 Å². The summed E-state index contributed by atoms with van der Waals surface area (Å²) in [6.45, 7) is 2.66. The van der Waals surface area contributed by atoms with Gasteiger partial charge in [0.15, 0.2) is 0 Å². The maximum atomic E-state index is 5.24. The van der Waals surface area contributed by atoms with Crippen LogP contribution in [0.4, 0.5) is 0 Å². The van der Waals surface area contributed by atoms with E-state index in [0.717, 1.165) is 4.57 Å². The van der Waals surface area contributed by atoms with Crippen LogP contribution in [0.2, 0.25) is 0 Å². The number of ether oxygens (including phenoxy) is 1. The third-order valence-electron chi connectivity index (χ3n) is 1.50. The fraction of sp³-hybridized carbons (Fsp3) is 0.182. The molecule has 0 radical (unpaired) electrons. The molecule has 68 valence electrons. The molecule has 0 N–H and O–H groups in total. The van der Waals surface area contributed by atoms with E-state index in [0.29, 0.717) is 6.61 Å². The van der Waals surface area contributed by atoms with Crippen molar-refractivity contribution in [2.24, 2.45) is 0 Å². The Labute approximate surface area is 87.0 Å². The molecule has 1 aromatic rings. The second-order valence-electron chi connectivity index (χ2n) is 2.50. The Morgan fingerprint density at radius 2 is 2.08 bits per heavy atom. The molecule has 0 fully saturated rings.